The molecule has 0 unspecified atom stereocenters. The molecular formula is C41H57NO4. The fraction of sp³-hybridized carbons (Fsp3) is 0.756. The van der Waals surface area contributed by atoms with Crippen LogP contribution in [0.15, 0.2) is 29.8 Å². The molecule has 1 amide bonds. The Labute approximate surface area is 276 Å². The number of carbonyl (C=O) groups excluding carboxylic acids is 2. The molecule has 4 atom stereocenters. The van der Waals surface area contributed by atoms with Crippen LogP contribution in [0.2, 0.25) is 0 Å². The monoisotopic (exact) mass is 627 g/mol. The second kappa shape index (κ2) is 11.8. The van der Waals surface area contributed by atoms with Crippen LogP contribution in [0.4, 0.5) is 4.79 Å². The van der Waals surface area contributed by atoms with E-state index in [1.807, 2.05) is 0 Å². The summed E-state index contributed by atoms with van der Waals surface area (Å²) >= 11 is 0. The van der Waals surface area contributed by atoms with Crippen LogP contribution in [0.1, 0.15) is 150 Å². The molecule has 1 heterocycles. The molecule has 6 saturated carbocycles. The molecule has 46 heavy (non-hydrogen) atoms. The van der Waals surface area contributed by atoms with Crippen molar-refractivity contribution in [3.63, 3.8) is 0 Å². The Balaban J connectivity index is 1.14. The minimum absolute atomic E-state index is 0.0911. The van der Waals surface area contributed by atoms with Gasteiger partial charge in [-0.05, 0) is 150 Å². The van der Waals surface area contributed by atoms with Crippen LogP contribution in [0.25, 0.3) is 0 Å². The summed E-state index contributed by atoms with van der Waals surface area (Å²) in [6, 6.07) is 6.56. The van der Waals surface area contributed by atoms with Gasteiger partial charge in [-0.2, -0.15) is 0 Å². The Kier molecular flexibility index (Phi) is 7.97. The minimum Gasteiger partial charge on any atom is -0.440 e. The highest BCUT2D eigenvalue weighted by Crippen LogP contribution is 2.64. The predicted octanol–water partition coefficient (Wildman–Crippen LogP) is 9.16. The van der Waals surface area contributed by atoms with E-state index in [1.165, 1.54) is 56.1 Å². The van der Waals surface area contributed by atoms with Crippen molar-refractivity contribution in [2.45, 2.75) is 147 Å². The average Bonchev–Trinajstić information content (AvgIpc) is 3.48. The predicted molar refractivity (Wildman–Crippen MR) is 181 cm³/mol. The molecule has 8 aliphatic carbocycles. The van der Waals surface area contributed by atoms with E-state index in [4.69, 9.17) is 4.74 Å². The fourth-order valence-corrected chi connectivity index (χ4v) is 12.6. The van der Waals surface area contributed by atoms with Crippen LogP contribution < -0.4 is 0 Å². The van der Waals surface area contributed by atoms with Gasteiger partial charge in [0.05, 0.1) is 12.6 Å². The zero-order valence-electron chi connectivity index (χ0n) is 28.5. The maximum absolute atomic E-state index is 14.4. The lowest BCUT2D eigenvalue weighted by molar-refractivity contribution is -0.0641. The molecule has 0 radical (unpaired) electrons. The summed E-state index contributed by atoms with van der Waals surface area (Å²) in [5, 5.41) is 10.9. The van der Waals surface area contributed by atoms with Crippen LogP contribution in [-0.4, -0.2) is 46.7 Å². The molecule has 250 valence electrons. The minimum atomic E-state index is -0.532. The largest absolute Gasteiger partial charge is 0.440 e. The molecule has 1 spiro atoms. The highest BCUT2D eigenvalue weighted by atomic mass is 16.6. The first kappa shape index (κ1) is 31.1. The molecule has 9 aliphatic rings. The maximum atomic E-state index is 14.4. The van der Waals surface area contributed by atoms with Crippen LogP contribution in [0, 0.1) is 34.5 Å². The lowest BCUT2D eigenvalue weighted by Crippen LogP contribution is -2.52. The van der Waals surface area contributed by atoms with Gasteiger partial charge < -0.3 is 14.7 Å². The van der Waals surface area contributed by atoms with E-state index in [0.29, 0.717) is 24.2 Å². The zero-order valence-corrected chi connectivity index (χ0v) is 28.5. The lowest BCUT2D eigenvalue weighted by atomic mass is 9.49. The fourth-order valence-electron chi connectivity index (χ4n) is 12.6. The van der Waals surface area contributed by atoms with Crippen molar-refractivity contribution >= 4 is 11.9 Å². The topological polar surface area (TPSA) is 66.8 Å². The second-order valence-electron chi connectivity index (χ2n) is 17.8. The van der Waals surface area contributed by atoms with Gasteiger partial charge in [0.2, 0.25) is 0 Å². The molecule has 5 nitrogen and oxygen atoms in total. The first-order chi connectivity index (χ1) is 22.1. The Hall–Kier alpha value is -2.14. The molecular weight excluding hydrogens is 570 g/mol. The number of Topliss-reactive ketones (excluding diaryl/α,β-unsaturated/α-hetero) is 1. The van der Waals surface area contributed by atoms with Gasteiger partial charge in [-0.1, -0.05) is 50.0 Å². The van der Waals surface area contributed by atoms with E-state index in [1.54, 1.807) is 0 Å². The number of ketones is 1. The number of aliphatic hydroxyl groups excluding tert-OH is 1. The number of hydrogen-bond donors (Lipinski definition) is 1. The van der Waals surface area contributed by atoms with Gasteiger partial charge in [0.15, 0.2) is 5.78 Å². The van der Waals surface area contributed by atoms with Crippen LogP contribution in [0.5, 0.6) is 0 Å². The number of allylic oxidation sites excluding steroid dienone is 2. The van der Waals surface area contributed by atoms with E-state index < -0.39 is 11.7 Å². The number of aliphatic hydroxyl groups is 1. The Morgan fingerprint density at radius 3 is 2.41 bits per heavy atom. The average molecular weight is 628 g/mol. The summed E-state index contributed by atoms with van der Waals surface area (Å²) in [5.74, 6) is 3.16. The molecule has 1 saturated heterocycles. The maximum Gasteiger partial charge on any atom is 0.410 e. The molecule has 1 aliphatic heterocycles. The van der Waals surface area contributed by atoms with Crippen molar-refractivity contribution in [2.24, 2.45) is 34.5 Å². The third kappa shape index (κ3) is 5.39. The van der Waals surface area contributed by atoms with Crippen LogP contribution in [0.3, 0.4) is 0 Å². The molecule has 0 aromatic heterocycles. The number of rotatable bonds is 4. The Morgan fingerprint density at radius 1 is 0.978 bits per heavy atom. The summed E-state index contributed by atoms with van der Waals surface area (Å²) in [7, 11) is 0. The van der Waals surface area contributed by atoms with Crippen LogP contribution >= 0.6 is 0 Å². The standard InChI is InChI=1S/C41H57NO4/c1-27-7-6-15-39(2)36(34-13-11-28(20-33(43)12-10-27)21-35(34)37(44)32-8-4-3-5-9-32)14-16-41(39)26-42(38(45)46-41)25-40-22-29-17-30(23-40)19-31(18-29)24-40/h7,11,13,21,29-33,36,43H,3-6,8-10,12,14-20,22-26H2,1-2H3/t29?,30?,31?,33-,36-,39-,40?,41+/m0/s1. The highest BCUT2D eigenvalue weighted by molar-refractivity contribution is 5.99. The van der Waals surface area contributed by atoms with Gasteiger partial charge in [-0.15, -0.1) is 0 Å². The number of benzene rings is 1. The van der Waals surface area contributed by atoms with Gasteiger partial charge in [0, 0.05) is 23.4 Å². The molecule has 5 heteroatoms. The summed E-state index contributed by atoms with van der Waals surface area (Å²) < 4.78 is 6.72. The smallest absolute Gasteiger partial charge is 0.410 e. The number of nitrogens with zero attached hydrogens (tertiary/aromatic N) is 1. The van der Waals surface area contributed by atoms with Crippen molar-refractivity contribution in [1.29, 1.82) is 0 Å². The van der Waals surface area contributed by atoms with Gasteiger partial charge in [-0.25, -0.2) is 4.79 Å². The van der Waals surface area contributed by atoms with Crippen molar-refractivity contribution in [3.8, 4) is 0 Å². The molecule has 1 aromatic rings. The SMILES string of the molecule is CC1=CCC[C@@]2(C)[C@@H](CC[C@@]23CN(CC24CC5CC(CC(C5)C2)C4)C(=O)O3)c2ccc(cc2C(=O)C2CCCCC2)C[C@@H](O)CC1. The zero-order chi connectivity index (χ0) is 31.7. The van der Waals surface area contributed by atoms with Gasteiger partial charge in [0.25, 0.3) is 0 Å². The molecule has 7 fully saturated rings. The molecule has 10 rings (SSSR count). The van der Waals surface area contributed by atoms with Crippen molar-refractivity contribution in [3.05, 3.63) is 46.5 Å². The lowest BCUT2D eigenvalue weighted by Gasteiger charge is -2.57. The summed E-state index contributed by atoms with van der Waals surface area (Å²) in [5.41, 5.74) is 3.94. The van der Waals surface area contributed by atoms with E-state index in [-0.39, 0.29) is 23.3 Å². The number of fused-ring (bicyclic) bond motifs is 8. The molecule has 6 bridgehead atoms. The Bertz CT molecular complexity index is 1360. The second-order valence-corrected chi connectivity index (χ2v) is 17.8. The number of carbonyl (C=O) groups is 2. The summed E-state index contributed by atoms with van der Waals surface area (Å²) in [6.07, 6.45) is 21.3. The van der Waals surface area contributed by atoms with E-state index in [9.17, 15) is 14.7 Å². The van der Waals surface area contributed by atoms with E-state index in [0.717, 1.165) is 99.6 Å². The van der Waals surface area contributed by atoms with Crippen molar-refractivity contribution in [2.75, 3.05) is 13.1 Å². The van der Waals surface area contributed by atoms with Gasteiger partial charge >= 0.3 is 6.09 Å². The van der Waals surface area contributed by atoms with Gasteiger partial charge in [0.1, 0.15) is 5.60 Å². The number of amides is 1. The summed E-state index contributed by atoms with van der Waals surface area (Å²) in [4.78, 5) is 30.4. The van der Waals surface area contributed by atoms with E-state index >= 15 is 0 Å². The Morgan fingerprint density at radius 2 is 1.70 bits per heavy atom. The van der Waals surface area contributed by atoms with Crippen molar-refractivity contribution < 1.29 is 19.4 Å². The number of ether oxygens (including phenoxy) is 1. The van der Waals surface area contributed by atoms with Crippen molar-refractivity contribution in [1.82, 2.24) is 4.90 Å². The summed E-state index contributed by atoms with van der Waals surface area (Å²) in [6.45, 7) is 6.16. The third-order valence-electron chi connectivity index (χ3n) is 14.6. The molecule has 1 N–H and O–H groups in total. The third-order valence-corrected chi connectivity index (χ3v) is 14.6. The van der Waals surface area contributed by atoms with Gasteiger partial charge in [-0.3, -0.25) is 4.79 Å². The van der Waals surface area contributed by atoms with E-state index in [2.05, 4.69) is 43.0 Å². The number of hydrogen-bond acceptors (Lipinski definition) is 4. The first-order valence-electron chi connectivity index (χ1n) is 19.1. The van der Waals surface area contributed by atoms with Crippen LogP contribution in [-0.2, 0) is 11.2 Å². The first-order valence-corrected chi connectivity index (χ1v) is 19.1. The quantitative estimate of drug-likeness (QED) is 0.267. The molecule has 1 aromatic carbocycles. The highest BCUT2D eigenvalue weighted by Gasteiger charge is 2.65. The normalized spacial score (nSPS) is 41.0.